The molecule has 0 aliphatic heterocycles. The molecule has 0 amide bonds. The topological polar surface area (TPSA) is 48.2 Å². The molecule has 0 spiro atoms. The Hall–Kier alpha value is -2.69. The predicted octanol–water partition coefficient (Wildman–Crippen LogP) is 4.33. The van der Waals surface area contributed by atoms with E-state index >= 15 is 0 Å². The largest absolute Gasteiger partial charge is 0.491 e. The standard InChI is InChI=1S/C17H15FN2O2/c1-11(2)21-15-9-5-13(6-10-15)17-19-16(20-22-17)12-3-7-14(18)8-4-12/h3-11H,1-2H3. The smallest absolute Gasteiger partial charge is 0.258 e. The zero-order valence-corrected chi connectivity index (χ0v) is 12.3. The van der Waals surface area contributed by atoms with Crippen molar-refractivity contribution in [1.29, 1.82) is 0 Å². The Bertz CT molecular complexity index is 749. The Morgan fingerprint density at radius 3 is 2.23 bits per heavy atom. The molecule has 5 heteroatoms. The molecule has 3 aromatic rings. The van der Waals surface area contributed by atoms with Crippen LogP contribution in [0.1, 0.15) is 13.8 Å². The summed E-state index contributed by atoms with van der Waals surface area (Å²) in [7, 11) is 0. The molecule has 0 bridgehead atoms. The van der Waals surface area contributed by atoms with Gasteiger partial charge in [0.25, 0.3) is 5.89 Å². The molecule has 22 heavy (non-hydrogen) atoms. The van der Waals surface area contributed by atoms with Crippen molar-refractivity contribution in [2.75, 3.05) is 0 Å². The summed E-state index contributed by atoms with van der Waals surface area (Å²) in [6, 6.07) is 13.4. The number of hydrogen-bond donors (Lipinski definition) is 0. The van der Waals surface area contributed by atoms with Crippen LogP contribution in [-0.4, -0.2) is 16.2 Å². The van der Waals surface area contributed by atoms with Crippen molar-refractivity contribution >= 4 is 0 Å². The minimum absolute atomic E-state index is 0.124. The molecule has 0 aliphatic rings. The van der Waals surface area contributed by atoms with Crippen molar-refractivity contribution in [3.05, 3.63) is 54.3 Å². The van der Waals surface area contributed by atoms with Gasteiger partial charge in [0, 0.05) is 11.1 Å². The van der Waals surface area contributed by atoms with Gasteiger partial charge in [-0.05, 0) is 62.4 Å². The van der Waals surface area contributed by atoms with Crippen LogP contribution in [0.3, 0.4) is 0 Å². The zero-order valence-electron chi connectivity index (χ0n) is 12.3. The summed E-state index contributed by atoms with van der Waals surface area (Å²) in [5.41, 5.74) is 1.51. The van der Waals surface area contributed by atoms with Crippen molar-refractivity contribution in [1.82, 2.24) is 10.1 Å². The van der Waals surface area contributed by atoms with Crippen LogP contribution in [0.15, 0.2) is 53.1 Å². The van der Waals surface area contributed by atoms with Gasteiger partial charge in [-0.3, -0.25) is 0 Å². The van der Waals surface area contributed by atoms with Gasteiger partial charge in [0.15, 0.2) is 0 Å². The molecule has 0 unspecified atom stereocenters. The number of benzene rings is 2. The quantitative estimate of drug-likeness (QED) is 0.719. The van der Waals surface area contributed by atoms with Crippen LogP contribution in [0.5, 0.6) is 5.75 Å². The molecule has 0 N–H and O–H groups in total. The minimum atomic E-state index is -0.298. The Labute approximate surface area is 127 Å². The molecule has 1 heterocycles. The second-order valence-corrected chi connectivity index (χ2v) is 5.12. The third kappa shape index (κ3) is 3.14. The molecule has 0 radical (unpaired) electrons. The number of nitrogens with zero attached hydrogens (tertiary/aromatic N) is 2. The van der Waals surface area contributed by atoms with Gasteiger partial charge in [0.2, 0.25) is 5.82 Å². The van der Waals surface area contributed by atoms with Gasteiger partial charge >= 0.3 is 0 Å². The number of hydrogen-bond acceptors (Lipinski definition) is 4. The predicted molar refractivity (Wildman–Crippen MR) is 80.9 cm³/mol. The first-order valence-electron chi connectivity index (χ1n) is 6.98. The van der Waals surface area contributed by atoms with Crippen molar-refractivity contribution in [3.8, 4) is 28.6 Å². The van der Waals surface area contributed by atoms with E-state index in [-0.39, 0.29) is 11.9 Å². The highest BCUT2D eigenvalue weighted by Gasteiger charge is 2.11. The van der Waals surface area contributed by atoms with Gasteiger partial charge in [0.05, 0.1) is 6.10 Å². The van der Waals surface area contributed by atoms with Crippen molar-refractivity contribution in [3.63, 3.8) is 0 Å². The average molecular weight is 298 g/mol. The Morgan fingerprint density at radius 2 is 1.59 bits per heavy atom. The maximum atomic E-state index is 12.9. The molecular formula is C17H15FN2O2. The van der Waals surface area contributed by atoms with Crippen LogP contribution in [0.4, 0.5) is 4.39 Å². The molecule has 1 aromatic heterocycles. The second-order valence-electron chi connectivity index (χ2n) is 5.12. The first-order valence-corrected chi connectivity index (χ1v) is 6.98. The zero-order chi connectivity index (χ0) is 15.5. The normalized spacial score (nSPS) is 10.9. The van der Waals surface area contributed by atoms with E-state index in [1.165, 1.54) is 12.1 Å². The van der Waals surface area contributed by atoms with Crippen LogP contribution in [-0.2, 0) is 0 Å². The summed E-state index contributed by atoms with van der Waals surface area (Å²) >= 11 is 0. The first kappa shape index (κ1) is 14.3. The highest BCUT2D eigenvalue weighted by atomic mass is 19.1. The van der Waals surface area contributed by atoms with Gasteiger partial charge in [-0.1, -0.05) is 5.16 Å². The van der Waals surface area contributed by atoms with Gasteiger partial charge in [-0.15, -0.1) is 0 Å². The fourth-order valence-electron chi connectivity index (χ4n) is 2.01. The van der Waals surface area contributed by atoms with Crippen LogP contribution in [0.2, 0.25) is 0 Å². The third-order valence-electron chi connectivity index (χ3n) is 3.00. The second kappa shape index (κ2) is 5.97. The van der Waals surface area contributed by atoms with Gasteiger partial charge < -0.3 is 9.26 Å². The summed E-state index contributed by atoms with van der Waals surface area (Å²) in [5.74, 6) is 1.33. The van der Waals surface area contributed by atoms with E-state index in [4.69, 9.17) is 9.26 Å². The monoisotopic (exact) mass is 298 g/mol. The maximum absolute atomic E-state index is 12.9. The molecule has 0 saturated heterocycles. The molecule has 3 rings (SSSR count). The highest BCUT2D eigenvalue weighted by molar-refractivity contribution is 5.60. The van der Waals surface area contributed by atoms with Crippen LogP contribution in [0, 0.1) is 5.82 Å². The summed E-state index contributed by atoms with van der Waals surface area (Å²) < 4.78 is 23.8. The van der Waals surface area contributed by atoms with Crippen LogP contribution >= 0.6 is 0 Å². The Kier molecular flexibility index (Phi) is 3.87. The lowest BCUT2D eigenvalue weighted by atomic mass is 10.2. The summed E-state index contributed by atoms with van der Waals surface area (Å²) in [5, 5.41) is 3.92. The highest BCUT2D eigenvalue weighted by Crippen LogP contribution is 2.24. The number of aromatic nitrogens is 2. The van der Waals surface area contributed by atoms with Gasteiger partial charge in [-0.2, -0.15) is 4.98 Å². The fraction of sp³-hybridized carbons (Fsp3) is 0.176. The SMILES string of the molecule is CC(C)Oc1ccc(-c2nc(-c3ccc(F)cc3)no2)cc1. The average Bonchev–Trinajstić information content (AvgIpc) is 2.98. The molecule has 4 nitrogen and oxygen atoms in total. The van der Waals surface area contributed by atoms with Crippen molar-refractivity contribution in [2.45, 2.75) is 20.0 Å². The third-order valence-corrected chi connectivity index (χ3v) is 3.00. The Balaban J connectivity index is 1.82. The number of halogens is 1. The first-order chi connectivity index (χ1) is 10.6. The van der Waals surface area contributed by atoms with E-state index in [0.29, 0.717) is 17.3 Å². The lowest BCUT2D eigenvalue weighted by Crippen LogP contribution is -2.05. The summed E-state index contributed by atoms with van der Waals surface area (Å²) in [4.78, 5) is 4.33. The fourth-order valence-corrected chi connectivity index (χ4v) is 2.01. The molecule has 0 atom stereocenters. The van der Waals surface area contributed by atoms with E-state index in [0.717, 1.165) is 11.3 Å². The molecule has 0 saturated carbocycles. The van der Waals surface area contributed by atoms with Crippen molar-refractivity contribution < 1.29 is 13.7 Å². The Morgan fingerprint density at radius 1 is 0.955 bits per heavy atom. The summed E-state index contributed by atoms with van der Waals surface area (Å²) in [6.07, 6.45) is 0.124. The maximum Gasteiger partial charge on any atom is 0.258 e. The minimum Gasteiger partial charge on any atom is -0.491 e. The molecule has 0 fully saturated rings. The van der Waals surface area contributed by atoms with Crippen molar-refractivity contribution in [2.24, 2.45) is 0 Å². The number of rotatable bonds is 4. The molecule has 112 valence electrons. The lowest BCUT2D eigenvalue weighted by molar-refractivity contribution is 0.242. The van der Waals surface area contributed by atoms with E-state index in [1.54, 1.807) is 12.1 Å². The van der Waals surface area contributed by atoms with Crippen LogP contribution < -0.4 is 4.74 Å². The van der Waals surface area contributed by atoms with Gasteiger partial charge in [0.1, 0.15) is 11.6 Å². The van der Waals surface area contributed by atoms with E-state index in [2.05, 4.69) is 10.1 Å². The van der Waals surface area contributed by atoms with E-state index in [9.17, 15) is 4.39 Å². The van der Waals surface area contributed by atoms with E-state index < -0.39 is 0 Å². The van der Waals surface area contributed by atoms with Crippen LogP contribution in [0.25, 0.3) is 22.8 Å². The summed E-state index contributed by atoms with van der Waals surface area (Å²) in [6.45, 7) is 3.95. The van der Waals surface area contributed by atoms with E-state index in [1.807, 2.05) is 38.1 Å². The van der Waals surface area contributed by atoms with Gasteiger partial charge in [-0.25, -0.2) is 4.39 Å². The molecule has 0 aliphatic carbocycles. The molecular weight excluding hydrogens is 283 g/mol. The lowest BCUT2D eigenvalue weighted by Gasteiger charge is -2.09. The molecule has 2 aromatic carbocycles. The number of ether oxygens (including phenoxy) is 1.